The van der Waals surface area contributed by atoms with Gasteiger partial charge in [0.25, 0.3) is 11.5 Å². The van der Waals surface area contributed by atoms with E-state index in [1.165, 1.54) is 30.0 Å². The summed E-state index contributed by atoms with van der Waals surface area (Å²) in [4.78, 5) is 39.1. The number of rotatable bonds is 6. The molecule has 0 bridgehead atoms. The topological polar surface area (TPSA) is 68.2 Å². The number of hydrogen-bond acceptors (Lipinski definition) is 3. The molecule has 2 aromatic rings. The van der Waals surface area contributed by atoms with E-state index in [4.69, 9.17) is 0 Å². The van der Waals surface area contributed by atoms with E-state index in [0.29, 0.717) is 42.2 Å². The maximum Gasteiger partial charge on any atom is 0.268 e. The lowest BCUT2D eigenvalue weighted by Gasteiger charge is -2.22. The van der Waals surface area contributed by atoms with Crippen LogP contribution in [0, 0.1) is 0 Å². The number of nitrogens with zero attached hydrogens (tertiary/aromatic N) is 1. The molecule has 5 heteroatoms. The Morgan fingerprint density at radius 3 is 2.50 bits per heavy atom. The number of ketones is 1. The molecule has 1 aromatic carbocycles. The van der Waals surface area contributed by atoms with Crippen LogP contribution in [0.4, 0.5) is 0 Å². The van der Waals surface area contributed by atoms with Gasteiger partial charge in [-0.25, -0.2) is 0 Å². The maximum atomic E-state index is 13.5. The third-order valence-corrected chi connectivity index (χ3v) is 6.60. The van der Waals surface area contributed by atoms with Crippen molar-refractivity contribution >= 4 is 11.7 Å². The Balaban J connectivity index is 1.67. The fraction of sp³-hybridized carbons (Fsp3) is 0.444. The smallest absolute Gasteiger partial charge is 0.268 e. The number of fused-ring (bicyclic) bond motifs is 1. The Hall–Kier alpha value is -2.95. The Morgan fingerprint density at radius 2 is 1.81 bits per heavy atom. The van der Waals surface area contributed by atoms with Crippen LogP contribution in [0.1, 0.15) is 96.7 Å². The largest absolute Gasteiger partial charge is 0.352 e. The van der Waals surface area contributed by atoms with Gasteiger partial charge in [0, 0.05) is 29.9 Å². The monoisotopic (exact) mass is 432 g/mol. The number of amides is 1. The fourth-order valence-electron chi connectivity index (χ4n) is 4.70. The molecule has 0 unspecified atom stereocenters. The van der Waals surface area contributed by atoms with Gasteiger partial charge in [-0.05, 0) is 74.6 Å². The van der Waals surface area contributed by atoms with Gasteiger partial charge < -0.3 is 5.32 Å². The lowest BCUT2D eigenvalue weighted by Crippen LogP contribution is -2.36. The molecule has 1 heterocycles. The van der Waals surface area contributed by atoms with Crippen LogP contribution < -0.4 is 10.9 Å². The summed E-state index contributed by atoms with van der Waals surface area (Å²) >= 11 is 0. The average molecular weight is 433 g/mol. The highest BCUT2D eigenvalue weighted by Gasteiger charge is 2.26. The third-order valence-electron chi connectivity index (χ3n) is 6.60. The molecule has 0 spiro atoms. The molecule has 4 rings (SSSR count). The molecule has 2 aliphatic rings. The zero-order valence-corrected chi connectivity index (χ0v) is 19.1. The molecule has 32 heavy (non-hydrogen) atoms. The summed E-state index contributed by atoms with van der Waals surface area (Å²) in [5.74, 6) is -0.0204. The quantitative estimate of drug-likeness (QED) is 0.646. The van der Waals surface area contributed by atoms with Crippen molar-refractivity contribution in [2.75, 3.05) is 6.54 Å². The van der Waals surface area contributed by atoms with Gasteiger partial charge in [0.15, 0.2) is 5.78 Å². The molecule has 5 nitrogen and oxygen atoms in total. The van der Waals surface area contributed by atoms with Crippen LogP contribution in [-0.4, -0.2) is 22.8 Å². The molecule has 168 valence electrons. The van der Waals surface area contributed by atoms with Crippen LogP contribution in [0.3, 0.4) is 0 Å². The van der Waals surface area contributed by atoms with Crippen LogP contribution in [0.25, 0.3) is 5.69 Å². The summed E-state index contributed by atoms with van der Waals surface area (Å²) in [6, 6.07) is 9.36. The second kappa shape index (κ2) is 9.68. The Bertz CT molecular complexity index is 1110. The number of hydrogen-bond donors (Lipinski definition) is 1. The molecule has 0 saturated heterocycles. The molecule has 0 radical (unpaired) electrons. The van der Waals surface area contributed by atoms with Crippen LogP contribution in [0.5, 0.6) is 0 Å². The van der Waals surface area contributed by atoms with Crippen molar-refractivity contribution in [2.24, 2.45) is 0 Å². The standard InChI is InChI=1S/C27H32N2O3/c1-18(2)20-11-13-21(14-12-20)29-24-9-6-10-25(30)22(24)17-23(27(29)32)26(31)28-16-15-19-7-4-3-5-8-19/h7,11-14,17-18H,3-6,8-10,15-16H2,1-2H3,(H,28,31). The minimum Gasteiger partial charge on any atom is -0.352 e. The zero-order valence-electron chi connectivity index (χ0n) is 19.1. The Kier molecular flexibility index (Phi) is 6.73. The van der Waals surface area contributed by atoms with Gasteiger partial charge in [0.05, 0.1) is 0 Å². The third kappa shape index (κ3) is 4.62. The second-order valence-corrected chi connectivity index (χ2v) is 9.20. The molecule has 2 aliphatic carbocycles. The number of Topliss-reactive ketones (excluding diaryl/α,β-unsaturated/α-hetero) is 1. The van der Waals surface area contributed by atoms with E-state index in [1.54, 1.807) is 4.57 Å². The van der Waals surface area contributed by atoms with E-state index in [-0.39, 0.29) is 16.9 Å². The van der Waals surface area contributed by atoms with Crippen molar-refractivity contribution in [2.45, 2.75) is 71.1 Å². The van der Waals surface area contributed by atoms with Crippen molar-refractivity contribution in [3.05, 3.63) is 74.7 Å². The van der Waals surface area contributed by atoms with Gasteiger partial charge in [-0.1, -0.05) is 37.6 Å². The summed E-state index contributed by atoms with van der Waals surface area (Å²) < 4.78 is 1.58. The van der Waals surface area contributed by atoms with Crippen molar-refractivity contribution in [1.29, 1.82) is 0 Å². The highest BCUT2D eigenvalue weighted by Crippen LogP contribution is 2.25. The first-order chi connectivity index (χ1) is 15.5. The predicted octanol–water partition coefficient (Wildman–Crippen LogP) is 5.10. The number of benzene rings is 1. The molecule has 0 saturated carbocycles. The molecule has 1 aromatic heterocycles. The molecule has 0 fully saturated rings. The lowest BCUT2D eigenvalue weighted by atomic mass is 9.92. The van der Waals surface area contributed by atoms with Crippen LogP contribution in [0.2, 0.25) is 0 Å². The number of pyridine rings is 1. The number of allylic oxidation sites excluding steroid dienone is 1. The molecule has 0 atom stereocenters. The molecular formula is C27H32N2O3. The first kappa shape index (κ1) is 22.3. The highest BCUT2D eigenvalue weighted by atomic mass is 16.2. The molecule has 0 aliphatic heterocycles. The number of aromatic nitrogens is 1. The maximum absolute atomic E-state index is 13.5. The van der Waals surface area contributed by atoms with Crippen molar-refractivity contribution < 1.29 is 9.59 Å². The zero-order chi connectivity index (χ0) is 22.7. The summed E-state index contributed by atoms with van der Waals surface area (Å²) in [5.41, 5.74) is 4.16. The van der Waals surface area contributed by atoms with E-state index in [0.717, 1.165) is 25.7 Å². The van der Waals surface area contributed by atoms with E-state index in [1.807, 2.05) is 24.3 Å². The molecule has 1 amide bonds. The SMILES string of the molecule is CC(C)c1ccc(-n2c3c(cc(C(=O)NCCC4=CCCCC4)c2=O)C(=O)CCC3)cc1. The highest BCUT2D eigenvalue weighted by molar-refractivity contribution is 6.01. The normalized spacial score (nSPS) is 16.0. The van der Waals surface area contributed by atoms with E-state index < -0.39 is 5.91 Å². The van der Waals surface area contributed by atoms with Crippen LogP contribution in [0.15, 0.2) is 46.8 Å². The summed E-state index contributed by atoms with van der Waals surface area (Å²) in [7, 11) is 0. The van der Waals surface area contributed by atoms with Gasteiger partial charge in [-0.2, -0.15) is 0 Å². The first-order valence-corrected chi connectivity index (χ1v) is 11.8. The first-order valence-electron chi connectivity index (χ1n) is 11.8. The fourth-order valence-corrected chi connectivity index (χ4v) is 4.70. The van der Waals surface area contributed by atoms with E-state index in [2.05, 4.69) is 25.2 Å². The Labute approximate surface area is 189 Å². The van der Waals surface area contributed by atoms with Gasteiger partial charge in [0.1, 0.15) is 5.56 Å². The van der Waals surface area contributed by atoms with Gasteiger partial charge in [0.2, 0.25) is 0 Å². The number of carbonyl (C=O) groups is 2. The van der Waals surface area contributed by atoms with Crippen molar-refractivity contribution in [3.63, 3.8) is 0 Å². The van der Waals surface area contributed by atoms with E-state index in [9.17, 15) is 14.4 Å². The minimum atomic E-state index is -0.403. The summed E-state index contributed by atoms with van der Waals surface area (Å²) in [6.45, 7) is 4.74. The summed E-state index contributed by atoms with van der Waals surface area (Å²) in [6.07, 6.45) is 9.52. The van der Waals surface area contributed by atoms with Gasteiger partial charge in [-0.3, -0.25) is 19.0 Å². The number of nitrogens with one attached hydrogen (secondary N) is 1. The predicted molar refractivity (Wildman–Crippen MR) is 127 cm³/mol. The van der Waals surface area contributed by atoms with Gasteiger partial charge in [-0.15, -0.1) is 0 Å². The average Bonchev–Trinajstić information content (AvgIpc) is 2.80. The van der Waals surface area contributed by atoms with Gasteiger partial charge >= 0.3 is 0 Å². The van der Waals surface area contributed by atoms with E-state index >= 15 is 0 Å². The second-order valence-electron chi connectivity index (χ2n) is 9.20. The summed E-state index contributed by atoms with van der Waals surface area (Å²) in [5, 5.41) is 2.91. The molecule has 1 N–H and O–H groups in total. The van der Waals surface area contributed by atoms with Crippen LogP contribution in [-0.2, 0) is 6.42 Å². The number of carbonyl (C=O) groups excluding carboxylic acids is 2. The molecular weight excluding hydrogens is 400 g/mol. The Morgan fingerprint density at radius 1 is 1.03 bits per heavy atom. The van der Waals surface area contributed by atoms with Crippen molar-refractivity contribution in [1.82, 2.24) is 9.88 Å². The van der Waals surface area contributed by atoms with Crippen molar-refractivity contribution in [3.8, 4) is 5.69 Å². The lowest BCUT2D eigenvalue weighted by molar-refractivity contribution is 0.0952. The van der Waals surface area contributed by atoms with Crippen LogP contribution >= 0.6 is 0 Å². The minimum absolute atomic E-state index is 0.000196.